The smallest absolute Gasteiger partial charge is 0.407 e. The fourth-order valence-electron chi connectivity index (χ4n) is 1.31. The van der Waals surface area contributed by atoms with Gasteiger partial charge in [-0.3, -0.25) is 0 Å². The second-order valence-corrected chi connectivity index (χ2v) is 4.12. The van der Waals surface area contributed by atoms with Crippen molar-refractivity contribution in [1.82, 2.24) is 5.32 Å². The Morgan fingerprint density at radius 2 is 2.12 bits per heavy atom. The first-order chi connectivity index (χ1) is 8.22. The molecule has 0 fully saturated rings. The number of alkyl carbamates (subject to hydrolysis) is 1. The number of nitrogens with one attached hydrogen (secondary N) is 1. The van der Waals surface area contributed by atoms with Gasteiger partial charge >= 0.3 is 6.09 Å². The van der Waals surface area contributed by atoms with Crippen LogP contribution in [0.25, 0.3) is 0 Å². The van der Waals surface area contributed by atoms with E-state index in [-0.39, 0.29) is 6.09 Å². The van der Waals surface area contributed by atoms with E-state index in [4.69, 9.17) is 10.5 Å². The lowest BCUT2D eigenvalue weighted by Crippen LogP contribution is -2.27. The number of hydrogen-bond acceptors (Lipinski definition) is 3. The predicted molar refractivity (Wildman–Crippen MR) is 67.5 cm³/mol. The summed E-state index contributed by atoms with van der Waals surface area (Å²) in [6.45, 7) is 3.60. The lowest BCUT2D eigenvalue weighted by molar-refractivity contribution is 0.139. The van der Waals surface area contributed by atoms with E-state index in [1.54, 1.807) is 0 Å². The molecule has 0 radical (unpaired) electrons. The number of carbonyl (C=O) groups is 1. The van der Waals surface area contributed by atoms with Crippen LogP contribution in [0.15, 0.2) is 30.3 Å². The second kappa shape index (κ2) is 7.68. The second-order valence-electron chi connectivity index (χ2n) is 4.12. The zero-order chi connectivity index (χ0) is 12.5. The van der Waals surface area contributed by atoms with Gasteiger partial charge in [-0.2, -0.15) is 0 Å². The van der Waals surface area contributed by atoms with Crippen molar-refractivity contribution in [3.05, 3.63) is 35.9 Å². The van der Waals surface area contributed by atoms with Gasteiger partial charge in [0.15, 0.2) is 0 Å². The number of benzene rings is 1. The Morgan fingerprint density at radius 3 is 2.76 bits per heavy atom. The standard InChI is InChI=1S/C13H20N2O2/c1-11(9-14)7-8-15-13(16)17-10-12-5-3-2-4-6-12/h2-6,11H,7-10,14H2,1H3,(H,15,16). The lowest BCUT2D eigenvalue weighted by Gasteiger charge is -2.09. The van der Waals surface area contributed by atoms with E-state index in [1.807, 2.05) is 30.3 Å². The van der Waals surface area contributed by atoms with Gasteiger partial charge in [0.1, 0.15) is 6.61 Å². The van der Waals surface area contributed by atoms with Crippen LogP contribution in [0.4, 0.5) is 4.79 Å². The molecule has 1 atom stereocenters. The summed E-state index contributed by atoms with van der Waals surface area (Å²) in [6.07, 6.45) is 0.495. The maximum atomic E-state index is 11.3. The Kier molecular flexibility index (Phi) is 6.10. The van der Waals surface area contributed by atoms with Gasteiger partial charge in [0.25, 0.3) is 0 Å². The molecule has 0 bridgehead atoms. The molecule has 0 aliphatic carbocycles. The molecule has 3 N–H and O–H groups in total. The molecule has 0 heterocycles. The first-order valence-corrected chi connectivity index (χ1v) is 5.87. The summed E-state index contributed by atoms with van der Waals surface area (Å²) in [5, 5.41) is 2.70. The molecule has 1 unspecified atom stereocenters. The van der Waals surface area contributed by atoms with Crippen molar-refractivity contribution in [2.45, 2.75) is 20.0 Å². The normalized spacial score (nSPS) is 11.9. The summed E-state index contributed by atoms with van der Waals surface area (Å²) in [7, 11) is 0. The molecule has 1 amide bonds. The zero-order valence-corrected chi connectivity index (χ0v) is 10.2. The summed E-state index contributed by atoms with van der Waals surface area (Å²) in [4.78, 5) is 11.3. The molecule has 0 aromatic heterocycles. The monoisotopic (exact) mass is 236 g/mol. The molecule has 4 nitrogen and oxygen atoms in total. The van der Waals surface area contributed by atoms with Gasteiger partial charge < -0.3 is 15.8 Å². The maximum Gasteiger partial charge on any atom is 0.407 e. The molecule has 1 aromatic carbocycles. The third kappa shape index (κ3) is 5.92. The van der Waals surface area contributed by atoms with Crippen LogP contribution in [0.1, 0.15) is 18.9 Å². The van der Waals surface area contributed by atoms with E-state index in [9.17, 15) is 4.79 Å². The predicted octanol–water partition coefficient (Wildman–Crippen LogP) is 1.90. The Morgan fingerprint density at radius 1 is 1.41 bits per heavy atom. The van der Waals surface area contributed by atoms with Crippen molar-refractivity contribution < 1.29 is 9.53 Å². The molecule has 1 aromatic rings. The minimum Gasteiger partial charge on any atom is -0.445 e. The summed E-state index contributed by atoms with van der Waals surface area (Å²) >= 11 is 0. The topological polar surface area (TPSA) is 64.3 Å². The van der Waals surface area contributed by atoms with Crippen LogP contribution in [0.2, 0.25) is 0 Å². The van der Waals surface area contributed by atoms with Crippen LogP contribution in [0.5, 0.6) is 0 Å². The van der Waals surface area contributed by atoms with Crippen LogP contribution >= 0.6 is 0 Å². The van der Waals surface area contributed by atoms with Crippen LogP contribution in [-0.2, 0) is 11.3 Å². The van der Waals surface area contributed by atoms with Crippen LogP contribution in [0.3, 0.4) is 0 Å². The summed E-state index contributed by atoms with van der Waals surface area (Å²) in [5.74, 6) is 0.421. The quantitative estimate of drug-likeness (QED) is 0.792. The average molecular weight is 236 g/mol. The fourth-order valence-corrected chi connectivity index (χ4v) is 1.31. The molecular weight excluding hydrogens is 216 g/mol. The van der Waals surface area contributed by atoms with E-state index in [0.717, 1.165) is 12.0 Å². The van der Waals surface area contributed by atoms with Crippen LogP contribution < -0.4 is 11.1 Å². The van der Waals surface area contributed by atoms with Gasteiger partial charge in [0.2, 0.25) is 0 Å². The number of hydrogen-bond donors (Lipinski definition) is 2. The van der Waals surface area contributed by atoms with Gasteiger partial charge in [-0.1, -0.05) is 37.3 Å². The molecule has 17 heavy (non-hydrogen) atoms. The van der Waals surface area contributed by atoms with Gasteiger partial charge in [0.05, 0.1) is 0 Å². The van der Waals surface area contributed by atoms with Crippen molar-refractivity contribution in [2.24, 2.45) is 11.7 Å². The molecule has 0 aliphatic heterocycles. The van der Waals surface area contributed by atoms with E-state index < -0.39 is 0 Å². The molecule has 4 heteroatoms. The van der Waals surface area contributed by atoms with Crippen molar-refractivity contribution >= 4 is 6.09 Å². The number of nitrogens with two attached hydrogens (primary N) is 1. The van der Waals surface area contributed by atoms with E-state index >= 15 is 0 Å². The maximum absolute atomic E-state index is 11.3. The Hall–Kier alpha value is -1.55. The van der Waals surface area contributed by atoms with E-state index in [1.165, 1.54) is 0 Å². The van der Waals surface area contributed by atoms with E-state index in [0.29, 0.717) is 25.6 Å². The largest absolute Gasteiger partial charge is 0.445 e. The van der Waals surface area contributed by atoms with Crippen LogP contribution in [-0.4, -0.2) is 19.2 Å². The fraction of sp³-hybridized carbons (Fsp3) is 0.462. The van der Waals surface area contributed by atoms with Gasteiger partial charge in [-0.05, 0) is 24.4 Å². The highest BCUT2D eigenvalue weighted by Crippen LogP contribution is 2.01. The first-order valence-electron chi connectivity index (χ1n) is 5.87. The SMILES string of the molecule is CC(CN)CCNC(=O)OCc1ccccc1. The highest BCUT2D eigenvalue weighted by atomic mass is 16.5. The van der Waals surface area contributed by atoms with Crippen molar-refractivity contribution in [3.8, 4) is 0 Å². The lowest BCUT2D eigenvalue weighted by atomic mass is 10.1. The van der Waals surface area contributed by atoms with Gasteiger partial charge in [-0.25, -0.2) is 4.79 Å². The van der Waals surface area contributed by atoms with Crippen molar-refractivity contribution in [1.29, 1.82) is 0 Å². The minimum atomic E-state index is -0.377. The highest BCUT2D eigenvalue weighted by molar-refractivity contribution is 5.67. The number of rotatable bonds is 6. The summed E-state index contributed by atoms with van der Waals surface area (Å²) < 4.78 is 5.06. The molecule has 0 saturated carbocycles. The molecule has 1 rings (SSSR count). The summed E-state index contributed by atoms with van der Waals surface area (Å²) in [6, 6.07) is 9.60. The number of amides is 1. The third-order valence-electron chi connectivity index (χ3n) is 2.52. The Bertz CT molecular complexity index is 327. The van der Waals surface area contributed by atoms with Gasteiger partial charge in [0, 0.05) is 6.54 Å². The Labute approximate surface area is 102 Å². The summed E-state index contributed by atoms with van der Waals surface area (Å²) in [5.41, 5.74) is 6.46. The van der Waals surface area contributed by atoms with Crippen LogP contribution in [0, 0.1) is 5.92 Å². The third-order valence-corrected chi connectivity index (χ3v) is 2.52. The average Bonchev–Trinajstić information content (AvgIpc) is 2.37. The first kappa shape index (κ1) is 13.5. The zero-order valence-electron chi connectivity index (χ0n) is 10.2. The van der Waals surface area contributed by atoms with Gasteiger partial charge in [-0.15, -0.1) is 0 Å². The Balaban J connectivity index is 2.13. The molecule has 0 saturated heterocycles. The van der Waals surface area contributed by atoms with E-state index in [2.05, 4.69) is 12.2 Å². The molecule has 94 valence electrons. The number of carbonyl (C=O) groups excluding carboxylic acids is 1. The highest BCUT2D eigenvalue weighted by Gasteiger charge is 2.03. The molecular formula is C13H20N2O2. The molecule has 0 aliphatic rings. The minimum absolute atomic E-state index is 0.305. The van der Waals surface area contributed by atoms with Crippen molar-refractivity contribution in [3.63, 3.8) is 0 Å². The molecule has 0 spiro atoms. The number of ether oxygens (including phenoxy) is 1. The van der Waals surface area contributed by atoms with Crippen molar-refractivity contribution in [2.75, 3.05) is 13.1 Å².